The van der Waals surface area contributed by atoms with Gasteiger partial charge < -0.3 is 15.4 Å². The van der Waals surface area contributed by atoms with Crippen LogP contribution in [0.5, 0.6) is 0 Å². The van der Waals surface area contributed by atoms with Gasteiger partial charge in [0.2, 0.25) is 0 Å². The van der Waals surface area contributed by atoms with Gasteiger partial charge in [-0.15, -0.1) is 24.0 Å². The van der Waals surface area contributed by atoms with Gasteiger partial charge in [0.1, 0.15) is 0 Å². The maximum absolute atomic E-state index is 5.15. The molecular weight excluding hydrogens is 453 g/mol. The van der Waals surface area contributed by atoms with Crippen molar-refractivity contribution in [3.63, 3.8) is 0 Å². The summed E-state index contributed by atoms with van der Waals surface area (Å²) in [4.78, 5) is 4.34. The number of nitrogens with zero attached hydrogens (tertiary/aromatic N) is 3. The Bertz CT molecular complexity index is 742. The molecule has 0 saturated carbocycles. The Hall–Kier alpha value is -1.61. The summed E-state index contributed by atoms with van der Waals surface area (Å²) in [5.74, 6) is 0.791. The third-order valence-electron chi connectivity index (χ3n) is 4.64. The highest BCUT2D eigenvalue weighted by atomic mass is 127. The zero-order chi connectivity index (χ0) is 18.9. The lowest BCUT2D eigenvalue weighted by molar-refractivity contribution is 0.182. The van der Waals surface area contributed by atoms with Gasteiger partial charge in [-0.05, 0) is 31.4 Å². The Balaban J connectivity index is 0.00000364. The molecule has 2 rings (SSSR count). The van der Waals surface area contributed by atoms with E-state index in [0.717, 1.165) is 31.2 Å². The molecule has 1 aromatic heterocycles. The van der Waals surface area contributed by atoms with Crippen molar-refractivity contribution in [1.82, 2.24) is 20.4 Å². The fourth-order valence-electron chi connectivity index (χ4n) is 3.03. The van der Waals surface area contributed by atoms with E-state index in [9.17, 15) is 0 Å². The van der Waals surface area contributed by atoms with Gasteiger partial charge in [0.05, 0.1) is 18.8 Å². The molecule has 150 valence electrons. The summed E-state index contributed by atoms with van der Waals surface area (Å²) < 4.78 is 7.16. The van der Waals surface area contributed by atoms with E-state index in [1.54, 1.807) is 14.2 Å². The van der Waals surface area contributed by atoms with Gasteiger partial charge in [-0.25, -0.2) is 0 Å². The Morgan fingerprint density at radius 3 is 2.44 bits per heavy atom. The number of aromatic nitrogens is 2. The molecule has 0 atom stereocenters. The second kappa shape index (κ2) is 12.0. The van der Waals surface area contributed by atoms with Gasteiger partial charge in [0.25, 0.3) is 0 Å². The molecule has 0 spiro atoms. The summed E-state index contributed by atoms with van der Waals surface area (Å²) >= 11 is 0. The first kappa shape index (κ1) is 23.4. The summed E-state index contributed by atoms with van der Waals surface area (Å²) in [6.45, 7) is 9.20. The van der Waals surface area contributed by atoms with Crippen LogP contribution in [-0.4, -0.2) is 36.5 Å². The second-order valence-corrected chi connectivity index (χ2v) is 6.27. The summed E-state index contributed by atoms with van der Waals surface area (Å²) in [6.07, 6.45) is 1.03. The predicted octanol–water partition coefficient (Wildman–Crippen LogP) is 3.19. The molecule has 0 aliphatic heterocycles. The molecule has 27 heavy (non-hydrogen) atoms. The van der Waals surface area contributed by atoms with Crippen LogP contribution in [0, 0.1) is 13.8 Å². The number of methoxy groups -OCH3 is 1. The lowest BCUT2D eigenvalue weighted by Crippen LogP contribution is -2.36. The maximum Gasteiger partial charge on any atom is 0.191 e. The standard InChI is InChI=1S/C20H31N5O.HI/c1-6-17-9-7-8-10-18(17)13-22-20(21-4)23-14-19-15(2)24-25(16(19)3)11-12-26-5;/h7-10H,6,11-14H2,1-5H3,(H2,21,22,23);1H. The first-order chi connectivity index (χ1) is 12.6. The highest BCUT2D eigenvalue weighted by molar-refractivity contribution is 14.0. The fourth-order valence-corrected chi connectivity index (χ4v) is 3.03. The van der Waals surface area contributed by atoms with E-state index in [1.165, 1.54) is 22.4 Å². The van der Waals surface area contributed by atoms with Crippen LogP contribution >= 0.6 is 24.0 Å². The molecule has 0 aliphatic rings. The first-order valence-electron chi connectivity index (χ1n) is 9.13. The van der Waals surface area contributed by atoms with Crippen LogP contribution < -0.4 is 10.6 Å². The van der Waals surface area contributed by atoms with Gasteiger partial charge in [-0.2, -0.15) is 5.10 Å². The van der Waals surface area contributed by atoms with Crippen LogP contribution in [0.15, 0.2) is 29.3 Å². The highest BCUT2D eigenvalue weighted by Gasteiger charge is 2.12. The van der Waals surface area contributed by atoms with E-state index in [1.807, 2.05) is 11.6 Å². The molecule has 7 heteroatoms. The normalized spacial score (nSPS) is 11.2. The number of hydrogen-bond acceptors (Lipinski definition) is 3. The predicted molar refractivity (Wildman–Crippen MR) is 122 cm³/mol. The van der Waals surface area contributed by atoms with E-state index in [2.05, 4.69) is 58.8 Å². The van der Waals surface area contributed by atoms with E-state index < -0.39 is 0 Å². The summed E-state index contributed by atoms with van der Waals surface area (Å²) in [7, 11) is 3.50. The minimum absolute atomic E-state index is 0. The van der Waals surface area contributed by atoms with E-state index in [-0.39, 0.29) is 24.0 Å². The number of halogens is 1. The number of guanidine groups is 1. The molecular formula is C20H32IN5O. The van der Waals surface area contributed by atoms with Gasteiger partial charge in [0, 0.05) is 38.5 Å². The van der Waals surface area contributed by atoms with Crippen molar-refractivity contribution in [2.45, 2.75) is 46.8 Å². The smallest absolute Gasteiger partial charge is 0.191 e. The van der Waals surface area contributed by atoms with Crippen molar-refractivity contribution in [2.75, 3.05) is 20.8 Å². The fraction of sp³-hybridized carbons (Fsp3) is 0.500. The number of rotatable bonds is 8. The van der Waals surface area contributed by atoms with Crippen LogP contribution in [0.3, 0.4) is 0 Å². The van der Waals surface area contributed by atoms with Gasteiger partial charge in [-0.3, -0.25) is 9.67 Å². The molecule has 1 heterocycles. The SMILES string of the molecule is CCc1ccccc1CNC(=NC)NCc1c(C)nn(CCOC)c1C.I. The van der Waals surface area contributed by atoms with Gasteiger partial charge in [-0.1, -0.05) is 31.2 Å². The van der Waals surface area contributed by atoms with Crippen molar-refractivity contribution in [2.24, 2.45) is 4.99 Å². The van der Waals surface area contributed by atoms with Gasteiger partial charge >= 0.3 is 0 Å². The highest BCUT2D eigenvalue weighted by Crippen LogP contribution is 2.13. The average Bonchev–Trinajstić information content (AvgIpc) is 2.93. The molecule has 0 unspecified atom stereocenters. The molecule has 0 bridgehead atoms. The molecule has 0 saturated heterocycles. The Morgan fingerprint density at radius 1 is 1.15 bits per heavy atom. The Kier molecular flexibility index (Phi) is 10.4. The molecule has 0 radical (unpaired) electrons. The lowest BCUT2D eigenvalue weighted by Gasteiger charge is -2.14. The molecule has 1 aromatic carbocycles. The third kappa shape index (κ3) is 6.49. The third-order valence-corrected chi connectivity index (χ3v) is 4.64. The topological polar surface area (TPSA) is 63.5 Å². The largest absolute Gasteiger partial charge is 0.383 e. The van der Waals surface area contributed by atoms with Crippen LogP contribution in [0.2, 0.25) is 0 Å². The molecule has 2 N–H and O–H groups in total. The first-order valence-corrected chi connectivity index (χ1v) is 9.13. The lowest BCUT2D eigenvalue weighted by atomic mass is 10.1. The summed E-state index contributed by atoms with van der Waals surface area (Å²) in [5, 5.41) is 11.4. The zero-order valence-electron chi connectivity index (χ0n) is 17.0. The van der Waals surface area contributed by atoms with Crippen molar-refractivity contribution in [1.29, 1.82) is 0 Å². The van der Waals surface area contributed by atoms with Crippen LogP contribution in [0.25, 0.3) is 0 Å². The van der Waals surface area contributed by atoms with Gasteiger partial charge in [0.15, 0.2) is 5.96 Å². The van der Waals surface area contributed by atoms with Crippen molar-refractivity contribution >= 4 is 29.9 Å². The molecule has 6 nitrogen and oxygen atoms in total. The zero-order valence-corrected chi connectivity index (χ0v) is 19.3. The number of nitrogens with one attached hydrogen (secondary N) is 2. The minimum atomic E-state index is 0. The number of hydrogen-bond donors (Lipinski definition) is 2. The Morgan fingerprint density at radius 2 is 1.81 bits per heavy atom. The number of aryl methyl sites for hydroxylation is 2. The van der Waals surface area contributed by atoms with Crippen LogP contribution in [0.4, 0.5) is 0 Å². The monoisotopic (exact) mass is 485 g/mol. The second-order valence-electron chi connectivity index (χ2n) is 6.27. The van der Waals surface area contributed by atoms with Crippen molar-refractivity contribution < 1.29 is 4.74 Å². The minimum Gasteiger partial charge on any atom is -0.383 e. The van der Waals surface area contributed by atoms with Crippen molar-refractivity contribution in [3.8, 4) is 0 Å². The molecule has 2 aromatic rings. The van der Waals surface area contributed by atoms with Crippen LogP contribution in [0.1, 0.15) is 35.0 Å². The van der Waals surface area contributed by atoms with E-state index in [4.69, 9.17) is 4.74 Å². The van der Waals surface area contributed by atoms with E-state index >= 15 is 0 Å². The summed E-state index contributed by atoms with van der Waals surface area (Å²) in [6, 6.07) is 8.50. The average molecular weight is 485 g/mol. The quantitative estimate of drug-likeness (QED) is 0.343. The van der Waals surface area contributed by atoms with Crippen LogP contribution in [-0.2, 0) is 30.8 Å². The number of aliphatic imine (C=N–C) groups is 1. The summed E-state index contributed by atoms with van der Waals surface area (Å²) in [5.41, 5.74) is 6.08. The number of ether oxygens (including phenoxy) is 1. The maximum atomic E-state index is 5.15. The molecule has 0 aliphatic carbocycles. The Labute approximate surface area is 179 Å². The molecule has 0 amide bonds. The molecule has 0 fully saturated rings. The van der Waals surface area contributed by atoms with E-state index in [0.29, 0.717) is 13.2 Å². The number of benzene rings is 1. The van der Waals surface area contributed by atoms with Crippen molar-refractivity contribution in [3.05, 3.63) is 52.3 Å².